The Morgan fingerprint density at radius 3 is 2.82 bits per heavy atom. The van der Waals surface area contributed by atoms with E-state index in [0.29, 0.717) is 0 Å². The average molecular weight is 231 g/mol. The van der Waals surface area contributed by atoms with Crippen molar-refractivity contribution in [3.63, 3.8) is 0 Å². The molecule has 4 heteroatoms. The van der Waals surface area contributed by atoms with Gasteiger partial charge in [-0.05, 0) is 19.1 Å². The topological polar surface area (TPSA) is 41.3 Å². The highest BCUT2D eigenvalue weighted by atomic mass is 16.3. The third-order valence-corrected chi connectivity index (χ3v) is 2.70. The van der Waals surface area contributed by atoms with Crippen molar-refractivity contribution in [1.29, 1.82) is 0 Å². The minimum absolute atomic E-state index is 0.191. The zero-order valence-electron chi connectivity index (χ0n) is 10.3. The van der Waals surface area contributed by atoms with Gasteiger partial charge in [-0.15, -0.1) is 0 Å². The molecule has 90 valence electrons. The molecule has 0 bridgehead atoms. The summed E-state index contributed by atoms with van der Waals surface area (Å²) in [6.07, 6.45) is 7.07. The zero-order valence-corrected chi connectivity index (χ0v) is 10.3. The molecular weight excluding hydrogens is 214 g/mol. The molecule has 2 heterocycles. The summed E-state index contributed by atoms with van der Waals surface area (Å²) in [5.74, 6) is 0. The molecule has 0 radical (unpaired) electrons. The minimum Gasteiger partial charge on any atom is -0.472 e. The van der Waals surface area contributed by atoms with E-state index in [2.05, 4.69) is 22.1 Å². The maximum Gasteiger partial charge on any atom is 0.0955 e. The Bertz CT molecular complexity index is 465. The van der Waals surface area contributed by atoms with Crippen LogP contribution in [-0.2, 0) is 0 Å². The van der Waals surface area contributed by atoms with Crippen LogP contribution in [0.2, 0.25) is 0 Å². The normalized spacial score (nSPS) is 12.2. The predicted molar refractivity (Wildman–Crippen MR) is 69.3 cm³/mol. The summed E-state index contributed by atoms with van der Waals surface area (Å²) in [5.41, 5.74) is 3.26. The molecule has 2 aromatic rings. The van der Waals surface area contributed by atoms with Gasteiger partial charge in [-0.1, -0.05) is 0 Å². The van der Waals surface area contributed by atoms with E-state index in [1.165, 1.54) is 0 Å². The number of pyridine rings is 1. The summed E-state index contributed by atoms with van der Waals surface area (Å²) in [4.78, 5) is 6.21. The van der Waals surface area contributed by atoms with Crippen LogP contribution in [-0.4, -0.2) is 19.1 Å². The average Bonchev–Trinajstić information content (AvgIpc) is 2.83. The molecule has 0 aliphatic rings. The molecule has 1 atom stereocenters. The summed E-state index contributed by atoms with van der Waals surface area (Å²) in [5, 5.41) is 3.43. The lowest BCUT2D eigenvalue weighted by Gasteiger charge is -2.20. The summed E-state index contributed by atoms with van der Waals surface area (Å²) >= 11 is 0. The van der Waals surface area contributed by atoms with E-state index >= 15 is 0 Å². The van der Waals surface area contributed by atoms with Crippen molar-refractivity contribution in [3.8, 4) is 0 Å². The van der Waals surface area contributed by atoms with Crippen molar-refractivity contribution in [2.24, 2.45) is 0 Å². The van der Waals surface area contributed by atoms with Crippen molar-refractivity contribution in [2.45, 2.75) is 13.0 Å². The Kier molecular flexibility index (Phi) is 3.32. The molecule has 1 unspecified atom stereocenters. The molecule has 0 saturated heterocycles. The smallest absolute Gasteiger partial charge is 0.0955 e. The minimum atomic E-state index is 0.191. The van der Waals surface area contributed by atoms with Gasteiger partial charge in [0.1, 0.15) is 0 Å². The van der Waals surface area contributed by atoms with Crippen LogP contribution < -0.4 is 10.2 Å². The molecule has 0 saturated carbocycles. The lowest BCUT2D eigenvalue weighted by atomic mass is 10.1. The fourth-order valence-electron chi connectivity index (χ4n) is 1.73. The van der Waals surface area contributed by atoms with Crippen LogP contribution in [0.3, 0.4) is 0 Å². The molecule has 0 aliphatic heterocycles. The SMILES string of the molecule is CC(Nc1cnccc1N(C)C)c1ccoc1. The number of aromatic nitrogens is 1. The Balaban J connectivity index is 2.18. The molecule has 2 rings (SSSR count). The number of hydrogen-bond donors (Lipinski definition) is 1. The third-order valence-electron chi connectivity index (χ3n) is 2.70. The lowest BCUT2D eigenvalue weighted by Crippen LogP contribution is -2.14. The maximum atomic E-state index is 5.08. The van der Waals surface area contributed by atoms with Gasteiger partial charge >= 0.3 is 0 Å². The van der Waals surface area contributed by atoms with Crippen molar-refractivity contribution < 1.29 is 4.42 Å². The molecule has 0 amide bonds. The first-order valence-electron chi connectivity index (χ1n) is 5.58. The van der Waals surface area contributed by atoms with E-state index in [9.17, 15) is 0 Å². The second kappa shape index (κ2) is 4.91. The number of rotatable bonds is 4. The fraction of sp³-hybridized carbons (Fsp3) is 0.308. The molecule has 2 aromatic heterocycles. The molecule has 1 N–H and O–H groups in total. The first-order valence-corrected chi connectivity index (χ1v) is 5.58. The van der Waals surface area contributed by atoms with Gasteiger partial charge in [0, 0.05) is 25.9 Å². The van der Waals surface area contributed by atoms with Crippen LogP contribution in [0, 0.1) is 0 Å². The van der Waals surface area contributed by atoms with E-state index in [1.54, 1.807) is 18.7 Å². The van der Waals surface area contributed by atoms with Gasteiger partial charge in [0.2, 0.25) is 0 Å². The zero-order chi connectivity index (χ0) is 12.3. The molecule has 0 aliphatic carbocycles. The van der Waals surface area contributed by atoms with E-state index in [0.717, 1.165) is 16.9 Å². The van der Waals surface area contributed by atoms with Gasteiger partial charge in [-0.3, -0.25) is 4.98 Å². The van der Waals surface area contributed by atoms with Crippen molar-refractivity contribution in [1.82, 2.24) is 4.98 Å². The van der Waals surface area contributed by atoms with E-state index in [-0.39, 0.29) is 6.04 Å². The van der Waals surface area contributed by atoms with E-state index < -0.39 is 0 Å². The monoisotopic (exact) mass is 231 g/mol. The molecule has 17 heavy (non-hydrogen) atoms. The van der Waals surface area contributed by atoms with Gasteiger partial charge in [-0.25, -0.2) is 0 Å². The van der Waals surface area contributed by atoms with Gasteiger partial charge < -0.3 is 14.6 Å². The van der Waals surface area contributed by atoms with Gasteiger partial charge in [0.15, 0.2) is 0 Å². The van der Waals surface area contributed by atoms with Crippen molar-refractivity contribution in [3.05, 3.63) is 42.6 Å². The number of nitrogens with zero attached hydrogens (tertiary/aromatic N) is 2. The van der Waals surface area contributed by atoms with Crippen LogP contribution in [0.25, 0.3) is 0 Å². The Morgan fingerprint density at radius 2 is 2.18 bits per heavy atom. The molecule has 0 aromatic carbocycles. The largest absolute Gasteiger partial charge is 0.472 e. The van der Waals surface area contributed by atoms with Crippen molar-refractivity contribution >= 4 is 11.4 Å². The maximum absolute atomic E-state index is 5.08. The quantitative estimate of drug-likeness (QED) is 0.878. The van der Waals surface area contributed by atoms with E-state index in [1.807, 2.05) is 32.4 Å². The first kappa shape index (κ1) is 11.5. The highest BCUT2D eigenvalue weighted by Gasteiger charge is 2.10. The lowest BCUT2D eigenvalue weighted by molar-refractivity contribution is 0.562. The summed E-state index contributed by atoms with van der Waals surface area (Å²) < 4.78 is 5.08. The fourth-order valence-corrected chi connectivity index (χ4v) is 1.73. The standard InChI is InChI=1S/C13H17N3O/c1-10(11-5-7-17-9-11)15-12-8-14-6-4-13(12)16(2)3/h4-10,15H,1-3H3. The predicted octanol–water partition coefficient (Wildman–Crippen LogP) is 2.91. The molecular formula is C13H17N3O. The van der Waals surface area contributed by atoms with Gasteiger partial charge in [-0.2, -0.15) is 0 Å². The molecule has 4 nitrogen and oxygen atoms in total. The number of hydrogen-bond acceptors (Lipinski definition) is 4. The van der Waals surface area contributed by atoms with Crippen LogP contribution in [0.1, 0.15) is 18.5 Å². The highest BCUT2D eigenvalue weighted by Crippen LogP contribution is 2.26. The van der Waals surface area contributed by atoms with Crippen LogP contribution in [0.15, 0.2) is 41.5 Å². The summed E-state index contributed by atoms with van der Waals surface area (Å²) in [6.45, 7) is 2.09. The molecule has 0 spiro atoms. The van der Waals surface area contributed by atoms with Gasteiger partial charge in [0.05, 0.1) is 36.1 Å². The van der Waals surface area contributed by atoms with Crippen LogP contribution >= 0.6 is 0 Å². The van der Waals surface area contributed by atoms with Gasteiger partial charge in [0.25, 0.3) is 0 Å². The van der Waals surface area contributed by atoms with Crippen LogP contribution in [0.4, 0.5) is 11.4 Å². The summed E-state index contributed by atoms with van der Waals surface area (Å²) in [6, 6.07) is 4.14. The number of nitrogens with one attached hydrogen (secondary N) is 1. The van der Waals surface area contributed by atoms with Crippen molar-refractivity contribution in [2.75, 3.05) is 24.3 Å². The molecule has 0 fully saturated rings. The first-order chi connectivity index (χ1) is 8.18. The second-order valence-electron chi connectivity index (χ2n) is 4.21. The Morgan fingerprint density at radius 1 is 1.35 bits per heavy atom. The Labute approximate surface area is 101 Å². The number of anilines is 2. The Hall–Kier alpha value is -1.97. The second-order valence-corrected chi connectivity index (χ2v) is 4.21. The summed E-state index contributed by atoms with van der Waals surface area (Å²) in [7, 11) is 4.03. The number of furan rings is 1. The van der Waals surface area contributed by atoms with E-state index in [4.69, 9.17) is 4.42 Å². The third kappa shape index (κ3) is 2.58. The highest BCUT2D eigenvalue weighted by molar-refractivity contribution is 5.68. The van der Waals surface area contributed by atoms with Crippen LogP contribution in [0.5, 0.6) is 0 Å².